The van der Waals surface area contributed by atoms with Crippen LogP contribution in [0.4, 0.5) is 5.13 Å². The van der Waals surface area contributed by atoms with Crippen LogP contribution in [0.3, 0.4) is 0 Å². The lowest BCUT2D eigenvalue weighted by molar-refractivity contribution is -0.112. The van der Waals surface area contributed by atoms with Crippen molar-refractivity contribution in [3.05, 3.63) is 64.7 Å². The molecule has 1 N–H and O–H groups in total. The van der Waals surface area contributed by atoms with Gasteiger partial charge in [0.25, 0.3) is 5.91 Å². The van der Waals surface area contributed by atoms with E-state index in [-0.39, 0.29) is 22.0 Å². The number of nitrogens with one attached hydrogen (secondary N) is 1. The van der Waals surface area contributed by atoms with E-state index < -0.39 is 16.0 Å². The van der Waals surface area contributed by atoms with Gasteiger partial charge >= 0.3 is 10.1 Å². The number of carbonyl (C=O) groups excluding carboxylic acids is 1. The number of carbonyl (C=O) groups is 1. The molecular weight excluding hydrogens is 464 g/mol. The van der Waals surface area contributed by atoms with E-state index in [1.807, 2.05) is 13.0 Å². The van der Waals surface area contributed by atoms with Crippen molar-refractivity contribution >= 4 is 38.6 Å². The van der Waals surface area contributed by atoms with Crippen LogP contribution in [-0.4, -0.2) is 31.6 Å². The van der Waals surface area contributed by atoms with Gasteiger partial charge in [-0.15, -0.1) is 10.2 Å². The highest BCUT2D eigenvalue weighted by Gasteiger charge is 2.19. The third-order valence-electron chi connectivity index (χ3n) is 4.25. The molecule has 0 unspecified atom stereocenters. The highest BCUT2D eigenvalue weighted by molar-refractivity contribution is 7.87. The Morgan fingerprint density at radius 3 is 2.61 bits per heavy atom. The second-order valence-corrected chi connectivity index (χ2v) is 9.24. The standard InChI is InChI=1S/C22H20N4O5S2/c1-3-7-20-25-26-22(32-20)24-21(27)16(14-23)12-15-10-11-18(19(13-15)30-2)31-33(28,29)17-8-5-4-6-9-17/h4-6,8-13H,3,7H2,1-2H3,(H,24,26,27)/b16-12-. The number of benzene rings is 2. The van der Waals surface area contributed by atoms with Crippen molar-refractivity contribution in [2.75, 3.05) is 12.4 Å². The van der Waals surface area contributed by atoms with E-state index in [2.05, 4.69) is 15.5 Å². The minimum absolute atomic E-state index is 0.00164. The number of aromatic nitrogens is 2. The van der Waals surface area contributed by atoms with Crippen LogP contribution in [0, 0.1) is 11.3 Å². The van der Waals surface area contributed by atoms with Gasteiger partial charge in [-0.3, -0.25) is 10.1 Å². The third-order valence-corrected chi connectivity index (χ3v) is 6.39. The van der Waals surface area contributed by atoms with Gasteiger partial charge in [0.15, 0.2) is 11.5 Å². The average molecular weight is 485 g/mol. The Morgan fingerprint density at radius 1 is 1.18 bits per heavy atom. The third kappa shape index (κ3) is 6.15. The number of amides is 1. The SMILES string of the molecule is CCCc1nnc(NC(=O)/C(C#N)=C\c2ccc(OS(=O)(=O)c3ccccc3)c(OC)c2)s1. The maximum Gasteiger partial charge on any atom is 0.339 e. The first-order valence-electron chi connectivity index (χ1n) is 9.79. The predicted molar refractivity (Wildman–Crippen MR) is 123 cm³/mol. The summed E-state index contributed by atoms with van der Waals surface area (Å²) in [7, 11) is -2.71. The van der Waals surface area contributed by atoms with E-state index in [1.165, 1.54) is 54.9 Å². The molecule has 0 aliphatic rings. The van der Waals surface area contributed by atoms with Crippen molar-refractivity contribution in [1.82, 2.24) is 10.2 Å². The van der Waals surface area contributed by atoms with E-state index in [1.54, 1.807) is 18.2 Å². The summed E-state index contributed by atoms with van der Waals surface area (Å²) < 4.78 is 35.4. The Balaban J connectivity index is 1.80. The average Bonchev–Trinajstić information content (AvgIpc) is 3.25. The Labute approximate surface area is 195 Å². The fourth-order valence-corrected chi connectivity index (χ4v) is 4.49. The number of ether oxygens (including phenoxy) is 1. The Morgan fingerprint density at radius 2 is 1.94 bits per heavy atom. The Bertz CT molecular complexity index is 1310. The van der Waals surface area contributed by atoms with Crippen molar-refractivity contribution in [2.24, 2.45) is 0 Å². The Kier molecular flexibility index (Phi) is 7.76. The number of hydrogen-bond acceptors (Lipinski definition) is 9. The first-order valence-corrected chi connectivity index (χ1v) is 12.0. The van der Waals surface area contributed by atoms with Crippen molar-refractivity contribution in [3.8, 4) is 17.6 Å². The van der Waals surface area contributed by atoms with Crippen molar-refractivity contribution in [3.63, 3.8) is 0 Å². The molecule has 3 rings (SSSR count). The number of nitriles is 1. The number of anilines is 1. The van der Waals surface area contributed by atoms with E-state index in [0.29, 0.717) is 10.7 Å². The van der Waals surface area contributed by atoms with Gasteiger partial charge in [-0.05, 0) is 42.3 Å². The van der Waals surface area contributed by atoms with Crippen LogP contribution in [-0.2, 0) is 21.3 Å². The molecule has 1 amide bonds. The molecule has 170 valence electrons. The first kappa shape index (κ1) is 23.9. The van der Waals surface area contributed by atoms with Gasteiger partial charge in [0.1, 0.15) is 21.5 Å². The zero-order valence-electron chi connectivity index (χ0n) is 17.8. The van der Waals surface area contributed by atoms with Crippen LogP contribution >= 0.6 is 11.3 Å². The Hall–Kier alpha value is -3.75. The van der Waals surface area contributed by atoms with Crippen LogP contribution in [0.5, 0.6) is 11.5 Å². The highest BCUT2D eigenvalue weighted by atomic mass is 32.2. The molecule has 1 heterocycles. The number of aryl methyl sites for hydroxylation is 1. The van der Waals surface area contributed by atoms with Crippen LogP contribution in [0.15, 0.2) is 59.0 Å². The fraction of sp³-hybridized carbons (Fsp3) is 0.182. The fourth-order valence-electron chi connectivity index (χ4n) is 2.69. The zero-order valence-corrected chi connectivity index (χ0v) is 19.4. The molecule has 0 spiro atoms. The molecule has 2 aromatic carbocycles. The first-order chi connectivity index (χ1) is 15.9. The van der Waals surface area contributed by atoms with Crippen molar-refractivity contribution in [2.45, 2.75) is 24.7 Å². The van der Waals surface area contributed by atoms with E-state index in [4.69, 9.17) is 8.92 Å². The minimum atomic E-state index is -4.06. The molecule has 0 saturated heterocycles. The molecule has 0 bridgehead atoms. The van der Waals surface area contributed by atoms with Gasteiger partial charge in [-0.25, -0.2) is 0 Å². The molecule has 0 aliphatic carbocycles. The van der Waals surface area contributed by atoms with Crippen LogP contribution < -0.4 is 14.2 Å². The second-order valence-electron chi connectivity index (χ2n) is 6.64. The molecule has 33 heavy (non-hydrogen) atoms. The van der Waals surface area contributed by atoms with Gasteiger partial charge < -0.3 is 8.92 Å². The quantitative estimate of drug-likeness (QED) is 0.275. The number of methoxy groups -OCH3 is 1. The maximum absolute atomic E-state index is 12.5. The van der Waals surface area contributed by atoms with E-state index in [0.717, 1.165) is 17.8 Å². The monoisotopic (exact) mass is 484 g/mol. The maximum atomic E-state index is 12.5. The summed E-state index contributed by atoms with van der Waals surface area (Å²) in [5.74, 6) is -0.546. The molecule has 0 aliphatic heterocycles. The van der Waals surface area contributed by atoms with Crippen molar-refractivity contribution < 1.29 is 22.1 Å². The summed E-state index contributed by atoms with van der Waals surface area (Å²) in [4.78, 5) is 12.5. The normalized spacial score (nSPS) is 11.5. The topological polar surface area (TPSA) is 131 Å². The van der Waals surface area contributed by atoms with Crippen LogP contribution in [0.2, 0.25) is 0 Å². The number of hydrogen-bond donors (Lipinski definition) is 1. The lowest BCUT2D eigenvalue weighted by Crippen LogP contribution is -2.13. The molecule has 0 atom stereocenters. The molecule has 0 fully saturated rings. The zero-order chi connectivity index (χ0) is 23.8. The summed E-state index contributed by atoms with van der Waals surface area (Å²) >= 11 is 1.25. The molecular formula is C22H20N4O5S2. The highest BCUT2D eigenvalue weighted by Crippen LogP contribution is 2.31. The smallest absolute Gasteiger partial charge is 0.339 e. The summed E-state index contributed by atoms with van der Waals surface area (Å²) in [6.07, 6.45) is 3.00. The molecule has 1 aromatic heterocycles. The van der Waals surface area contributed by atoms with Crippen LogP contribution in [0.25, 0.3) is 6.08 Å². The lowest BCUT2D eigenvalue weighted by atomic mass is 10.1. The molecule has 11 heteroatoms. The molecule has 9 nitrogen and oxygen atoms in total. The lowest BCUT2D eigenvalue weighted by Gasteiger charge is -2.11. The van der Waals surface area contributed by atoms with Gasteiger partial charge in [-0.1, -0.05) is 42.5 Å². The van der Waals surface area contributed by atoms with E-state index >= 15 is 0 Å². The second kappa shape index (κ2) is 10.7. The summed E-state index contributed by atoms with van der Waals surface area (Å²) in [5, 5.41) is 21.0. The molecule has 0 radical (unpaired) electrons. The summed E-state index contributed by atoms with van der Waals surface area (Å²) in [6.45, 7) is 2.01. The minimum Gasteiger partial charge on any atom is -0.493 e. The van der Waals surface area contributed by atoms with Gasteiger partial charge in [0, 0.05) is 6.42 Å². The number of nitrogens with zero attached hydrogens (tertiary/aromatic N) is 3. The number of rotatable bonds is 9. The predicted octanol–water partition coefficient (Wildman–Crippen LogP) is 3.81. The van der Waals surface area contributed by atoms with Gasteiger partial charge in [-0.2, -0.15) is 13.7 Å². The van der Waals surface area contributed by atoms with Gasteiger partial charge in [0.2, 0.25) is 5.13 Å². The summed E-state index contributed by atoms with van der Waals surface area (Å²) in [6, 6.07) is 13.9. The van der Waals surface area contributed by atoms with Crippen molar-refractivity contribution in [1.29, 1.82) is 5.26 Å². The largest absolute Gasteiger partial charge is 0.493 e. The van der Waals surface area contributed by atoms with Crippen LogP contribution in [0.1, 0.15) is 23.9 Å². The van der Waals surface area contributed by atoms with E-state index in [9.17, 15) is 18.5 Å². The van der Waals surface area contributed by atoms with Gasteiger partial charge in [0.05, 0.1) is 7.11 Å². The molecule has 3 aromatic rings. The summed E-state index contributed by atoms with van der Waals surface area (Å²) in [5.41, 5.74) is 0.266. The molecule has 0 saturated carbocycles.